The number of phenolic OH excluding ortho intramolecular Hbond substituents is 1. The van der Waals surface area contributed by atoms with Crippen LogP contribution in [0.2, 0.25) is 0 Å². The molecule has 1 aliphatic carbocycles. The van der Waals surface area contributed by atoms with Crippen LogP contribution in [0.4, 0.5) is 4.79 Å². The van der Waals surface area contributed by atoms with Gasteiger partial charge < -0.3 is 25.4 Å². The van der Waals surface area contributed by atoms with Gasteiger partial charge in [-0.2, -0.15) is 0 Å². The number of hydrogen-bond donors (Lipinski definition) is 3. The summed E-state index contributed by atoms with van der Waals surface area (Å²) in [7, 11) is 0. The van der Waals surface area contributed by atoms with E-state index in [4.69, 9.17) is 4.74 Å². The van der Waals surface area contributed by atoms with Gasteiger partial charge in [-0.25, -0.2) is 4.79 Å². The summed E-state index contributed by atoms with van der Waals surface area (Å²) in [5.41, 5.74) is 0.575. The Morgan fingerprint density at radius 3 is 2.33 bits per heavy atom. The molecule has 2 atom stereocenters. The zero-order valence-corrected chi connectivity index (χ0v) is 25.8. The number of unbranched alkanes of at least 4 members (excludes halogenated alkanes) is 3. The molecule has 0 bridgehead atoms. The average Bonchev–Trinajstić information content (AvgIpc) is 2.86. The van der Waals surface area contributed by atoms with Crippen molar-refractivity contribution < 1.29 is 24.2 Å². The smallest absolute Gasteiger partial charge is 0.408 e. The van der Waals surface area contributed by atoms with Crippen molar-refractivity contribution in [2.45, 2.75) is 136 Å². The predicted molar refractivity (Wildman–Crippen MR) is 159 cm³/mol. The van der Waals surface area contributed by atoms with Gasteiger partial charge in [0.25, 0.3) is 0 Å². The second kappa shape index (κ2) is 15.9. The van der Waals surface area contributed by atoms with Gasteiger partial charge in [0.15, 0.2) is 0 Å². The minimum atomic E-state index is -0.884. The number of rotatable bonds is 13. The molecule has 0 aliphatic heterocycles. The molecule has 0 radical (unpaired) electrons. The number of nitrogens with one attached hydrogen (secondary N) is 2. The van der Waals surface area contributed by atoms with Crippen molar-refractivity contribution in [3.63, 3.8) is 0 Å². The van der Waals surface area contributed by atoms with Crippen molar-refractivity contribution in [1.29, 1.82) is 0 Å². The van der Waals surface area contributed by atoms with Crippen LogP contribution in [0.5, 0.6) is 5.75 Å². The monoisotopic (exact) mass is 559 g/mol. The molecule has 1 aromatic rings. The third-order valence-corrected chi connectivity index (χ3v) is 7.28. The van der Waals surface area contributed by atoms with E-state index >= 15 is 0 Å². The molecule has 1 saturated carbocycles. The number of ether oxygens (including phenoxy) is 1. The molecule has 3 N–H and O–H groups in total. The summed E-state index contributed by atoms with van der Waals surface area (Å²) in [6, 6.07) is 3.43. The summed E-state index contributed by atoms with van der Waals surface area (Å²) in [6.45, 7) is 13.6. The number of hydrogen-bond acceptors (Lipinski definition) is 5. The van der Waals surface area contributed by atoms with E-state index in [9.17, 15) is 19.5 Å². The first kappa shape index (κ1) is 33.4. The van der Waals surface area contributed by atoms with Gasteiger partial charge in [-0.1, -0.05) is 65.4 Å². The molecule has 1 aromatic carbocycles. The molecule has 8 nitrogen and oxygen atoms in total. The van der Waals surface area contributed by atoms with E-state index in [2.05, 4.69) is 17.6 Å². The van der Waals surface area contributed by atoms with Crippen molar-refractivity contribution in [3.8, 4) is 5.75 Å². The Morgan fingerprint density at radius 2 is 1.75 bits per heavy atom. The summed E-state index contributed by atoms with van der Waals surface area (Å²) < 4.78 is 5.49. The Labute approximate surface area is 241 Å². The summed E-state index contributed by atoms with van der Waals surface area (Å²) in [5.74, 6) is -0.261. The quantitative estimate of drug-likeness (QED) is 0.238. The summed E-state index contributed by atoms with van der Waals surface area (Å²) in [6.07, 6.45) is 8.68. The molecule has 0 heterocycles. The fraction of sp³-hybridized carbons (Fsp3) is 0.719. The highest BCUT2D eigenvalue weighted by atomic mass is 16.6. The highest BCUT2D eigenvalue weighted by Crippen LogP contribution is 2.29. The summed E-state index contributed by atoms with van der Waals surface area (Å²) in [4.78, 5) is 42.8. The number of amides is 3. The average molecular weight is 560 g/mol. The zero-order valence-electron chi connectivity index (χ0n) is 25.8. The maximum Gasteiger partial charge on any atom is 0.408 e. The minimum absolute atomic E-state index is 0.0744. The molecule has 8 heteroatoms. The van der Waals surface area contributed by atoms with Gasteiger partial charge in [-0.3, -0.25) is 9.59 Å². The van der Waals surface area contributed by atoms with Crippen molar-refractivity contribution in [2.24, 2.45) is 5.92 Å². The predicted octanol–water partition coefficient (Wildman–Crippen LogP) is 6.54. The second-order valence-corrected chi connectivity index (χ2v) is 12.7. The lowest BCUT2D eigenvalue weighted by molar-refractivity contribution is -0.143. The fourth-order valence-electron chi connectivity index (χ4n) is 5.27. The molecule has 40 heavy (non-hydrogen) atoms. The van der Waals surface area contributed by atoms with Gasteiger partial charge in [0.1, 0.15) is 23.4 Å². The Hall–Kier alpha value is -2.77. The van der Waals surface area contributed by atoms with Crippen LogP contribution in [0.1, 0.15) is 123 Å². The first-order chi connectivity index (χ1) is 18.8. The molecule has 0 saturated heterocycles. The zero-order chi connectivity index (χ0) is 29.9. The van der Waals surface area contributed by atoms with Gasteiger partial charge >= 0.3 is 6.09 Å². The molecule has 226 valence electrons. The van der Waals surface area contributed by atoms with Crippen molar-refractivity contribution >= 4 is 17.9 Å². The van der Waals surface area contributed by atoms with Crippen LogP contribution in [0, 0.1) is 12.8 Å². The largest absolute Gasteiger partial charge is 0.508 e. The third kappa shape index (κ3) is 11.0. The van der Waals surface area contributed by atoms with Crippen molar-refractivity contribution in [2.75, 3.05) is 6.54 Å². The molecule has 0 spiro atoms. The lowest BCUT2D eigenvalue weighted by Crippen LogP contribution is -2.54. The molecule has 2 rings (SSSR count). The molecule has 3 amide bonds. The van der Waals surface area contributed by atoms with E-state index in [1.54, 1.807) is 50.8 Å². The highest BCUT2D eigenvalue weighted by Gasteiger charge is 2.37. The lowest BCUT2D eigenvalue weighted by Gasteiger charge is -2.36. The number of carbonyl (C=O) groups is 3. The topological polar surface area (TPSA) is 108 Å². The van der Waals surface area contributed by atoms with Crippen LogP contribution in [0.25, 0.3) is 0 Å². The van der Waals surface area contributed by atoms with E-state index in [1.807, 2.05) is 13.8 Å². The summed E-state index contributed by atoms with van der Waals surface area (Å²) in [5, 5.41) is 16.3. The Morgan fingerprint density at radius 1 is 1.07 bits per heavy atom. The molecular weight excluding hydrogens is 506 g/mol. The standard InChI is InChI=1S/C32H53N3O5/c1-8-9-10-14-19-35(30(38)26(20-22(2)3)34-31(39)40-32(5,6)7)28(24-17-18-27(36)23(4)21-24)29(37)33-25-15-12-11-13-16-25/h17-18,21-22,25-26,28,36H,8-16,19-20H2,1-7H3,(H,33,37)(H,34,39). The Bertz CT molecular complexity index is 966. The molecule has 2 unspecified atom stereocenters. The highest BCUT2D eigenvalue weighted by molar-refractivity contribution is 5.92. The third-order valence-electron chi connectivity index (χ3n) is 7.28. The van der Waals surface area contributed by atoms with Gasteiger partial charge in [0.05, 0.1) is 0 Å². The Balaban J connectivity index is 2.50. The number of aromatic hydroxyl groups is 1. The van der Waals surface area contributed by atoms with Crippen LogP contribution in [-0.4, -0.2) is 52.1 Å². The summed E-state index contributed by atoms with van der Waals surface area (Å²) >= 11 is 0. The fourth-order valence-corrected chi connectivity index (χ4v) is 5.27. The van der Waals surface area contributed by atoms with Crippen LogP contribution in [-0.2, 0) is 14.3 Å². The van der Waals surface area contributed by atoms with Crippen molar-refractivity contribution in [3.05, 3.63) is 29.3 Å². The maximum absolute atomic E-state index is 14.3. The van der Waals surface area contributed by atoms with Crippen LogP contribution in [0.15, 0.2) is 18.2 Å². The van der Waals surface area contributed by atoms with Crippen LogP contribution >= 0.6 is 0 Å². The number of carbonyl (C=O) groups excluding carboxylic acids is 3. The first-order valence-corrected chi connectivity index (χ1v) is 15.2. The first-order valence-electron chi connectivity index (χ1n) is 15.2. The van der Waals surface area contributed by atoms with Gasteiger partial charge in [-0.15, -0.1) is 0 Å². The normalized spacial score (nSPS) is 15.8. The molecule has 0 aromatic heterocycles. The Kier molecular flexibility index (Phi) is 13.3. The van der Waals surface area contributed by atoms with E-state index < -0.39 is 23.8 Å². The number of nitrogens with zero attached hydrogens (tertiary/aromatic N) is 1. The van der Waals surface area contributed by atoms with Gasteiger partial charge in [-0.05, 0) is 82.6 Å². The van der Waals surface area contributed by atoms with E-state index in [1.165, 1.54) is 6.42 Å². The van der Waals surface area contributed by atoms with E-state index in [-0.39, 0.29) is 29.5 Å². The maximum atomic E-state index is 14.3. The number of aryl methyl sites for hydroxylation is 1. The SMILES string of the molecule is CCCCCCN(C(=O)C(CC(C)C)NC(=O)OC(C)(C)C)C(C(=O)NC1CCCCC1)c1ccc(O)c(C)c1. The number of alkyl carbamates (subject to hydrolysis) is 1. The number of benzene rings is 1. The lowest BCUT2D eigenvalue weighted by atomic mass is 9.94. The van der Waals surface area contributed by atoms with Gasteiger partial charge in [0, 0.05) is 12.6 Å². The van der Waals surface area contributed by atoms with E-state index in [0.717, 1.165) is 51.4 Å². The molecule has 1 fully saturated rings. The van der Waals surface area contributed by atoms with Gasteiger partial charge in [0.2, 0.25) is 11.8 Å². The second-order valence-electron chi connectivity index (χ2n) is 12.7. The van der Waals surface area contributed by atoms with Crippen LogP contribution < -0.4 is 10.6 Å². The molecule has 1 aliphatic rings. The van der Waals surface area contributed by atoms with Crippen molar-refractivity contribution in [1.82, 2.24) is 15.5 Å². The minimum Gasteiger partial charge on any atom is -0.508 e. The molecular formula is C32H53N3O5. The van der Waals surface area contributed by atoms with Crippen LogP contribution in [0.3, 0.4) is 0 Å². The van der Waals surface area contributed by atoms with E-state index in [0.29, 0.717) is 24.1 Å². The number of phenols is 1.